The van der Waals surface area contributed by atoms with Crippen LogP contribution >= 0.6 is 0 Å². The van der Waals surface area contributed by atoms with Crippen LogP contribution < -0.4 is 5.32 Å². The van der Waals surface area contributed by atoms with Crippen LogP contribution in [0.3, 0.4) is 0 Å². The fourth-order valence-corrected chi connectivity index (χ4v) is 3.97. The molecule has 0 aromatic rings. The van der Waals surface area contributed by atoms with Crippen molar-refractivity contribution >= 4 is 20.3 Å². The number of nitrogens with one attached hydrogen (secondary N) is 1. The van der Waals surface area contributed by atoms with Gasteiger partial charge in [0, 0.05) is 25.9 Å². The van der Waals surface area contributed by atoms with Gasteiger partial charge in [0.1, 0.15) is 11.2 Å². The Labute approximate surface area is 155 Å². The second-order valence-electron chi connectivity index (χ2n) is 8.90. The topological polar surface area (TPSA) is 129 Å². The van der Waals surface area contributed by atoms with Crippen molar-refractivity contribution in [1.29, 1.82) is 5.26 Å². The van der Waals surface area contributed by atoms with Crippen LogP contribution in [0.1, 0.15) is 33.6 Å². The zero-order valence-corrected chi connectivity index (χ0v) is 17.4. The first-order chi connectivity index (χ1) is 11.6. The lowest BCUT2D eigenvalue weighted by molar-refractivity contribution is -0.169. The van der Waals surface area contributed by atoms with E-state index in [2.05, 4.69) is 11.4 Å². The summed E-state index contributed by atoms with van der Waals surface area (Å²) in [6.45, 7) is 12.0. The quantitative estimate of drug-likeness (QED) is 0.486. The normalized spacial score (nSPS) is 26.9. The number of esters is 1. The molecule has 148 valence electrons. The number of aliphatic carboxylic acids is 1. The van der Waals surface area contributed by atoms with E-state index in [1.165, 1.54) is 0 Å². The number of aliphatic hydroxyl groups is 1. The van der Waals surface area contributed by atoms with Crippen molar-refractivity contribution in [2.75, 3.05) is 13.1 Å². The van der Waals surface area contributed by atoms with Gasteiger partial charge in [-0.15, -0.1) is 0 Å². The first-order valence-electron chi connectivity index (χ1n) is 8.62. The third kappa shape index (κ3) is 6.36. The summed E-state index contributed by atoms with van der Waals surface area (Å²) < 4.78 is 11.2. The Morgan fingerprint density at radius 1 is 1.23 bits per heavy atom. The van der Waals surface area contributed by atoms with E-state index in [1.54, 1.807) is 0 Å². The minimum absolute atomic E-state index is 0.169. The molecular weight excluding hydrogens is 356 g/mol. The maximum Gasteiger partial charge on any atom is 0.338 e. The average Bonchev–Trinajstić information content (AvgIpc) is 2.37. The highest BCUT2D eigenvalue weighted by Gasteiger charge is 2.52. The first-order valence-corrected chi connectivity index (χ1v) is 12.0. The highest BCUT2D eigenvalue weighted by atomic mass is 28.4. The van der Waals surface area contributed by atoms with Crippen molar-refractivity contribution in [1.82, 2.24) is 5.32 Å². The predicted octanol–water partition coefficient (Wildman–Crippen LogP) is 1.26. The van der Waals surface area contributed by atoms with E-state index in [0.29, 0.717) is 12.8 Å². The van der Waals surface area contributed by atoms with Gasteiger partial charge in [0.05, 0.1) is 12.0 Å². The van der Waals surface area contributed by atoms with Crippen LogP contribution in [0.25, 0.3) is 0 Å². The molecule has 0 bridgehead atoms. The molecule has 9 heteroatoms. The molecule has 1 aliphatic heterocycles. The Bertz CT molecular complexity index is 578. The Kier molecular flexibility index (Phi) is 6.63. The standard InChI is InChI=1S/C13H23NO3Si.C4H7NO3/c1-12(2,3)16-11(15)10-7-13(8-10,9-14)17-18(4,5)6;6-3(7)4(8)1-5-2-4/h10H,7-8H2,1-6H3;5,8H,1-2H2,(H,6,7). The third-order valence-corrected chi connectivity index (χ3v) is 4.83. The van der Waals surface area contributed by atoms with E-state index in [0.717, 1.165) is 0 Å². The van der Waals surface area contributed by atoms with E-state index in [1.807, 2.05) is 40.4 Å². The molecule has 0 aromatic carbocycles. The first kappa shape index (κ1) is 22.6. The van der Waals surface area contributed by atoms with Crippen LogP contribution in [-0.4, -0.2) is 60.4 Å². The lowest BCUT2D eigenvalue weighted by atomic mass is 9.72. The zero-order chi connectivity index (χ0) is 20.4. The van der Waals surface area contributed by atoms with Crippen LogP contribution in [0.5, 0.6) is 0 Å². The second-order valence-corrected chi connectivity index (χ2v) is 13.3. The smallest absolute Gasteiger partial charge is 0.338 e. The third-order valence-electron chi connectivity index (χ3n) is 3.83. The number of hydrogen-bond acceptors (Lipinski definition) is 7. The SMILES string of the molecule is CC(C)(C)OC(=O)C1CC(C#N)(O[Si](C)(C)C)C1.O=C(O)C1(O)CNC1. The van der Waals surface area contributed by atoms with Crippen LogP contribution in [0.15, 0.2) is 0 Å². The highest BCUT2D eigenvalue weighted by Crippen LogP contribution is 2.43. The minimum atomic E-state index is -1.77. The molecule has 0 spiro atoms. The molecule has 8 nitrogen and oxygen atoms in total. The Balaban J connectivity index is 0.000000350. The number of carboxylic acids is 1. The van der Waals surface area contributed by atoms with E-state index in [-0.39, 0.29) is 25.0 Å². The number of hydrogen-bond donors (Lipinski definition) is 3. The summed E-state index contributed by atoms with van der Waals surface area (Å²) in [5.41, 5.74) is -2.70. The summed E-state index contributed by atoms with van der Waals surface area (Å²) >= 11 is 0. The summed E-state index contributed by atoms with van der Waals surface area (Å²) in [6, 6.07) is 2.22. The molecule has 1 saturated heterocycles. The highest BCUT2D eigenvalue weighted by molar-refractivity contribution is 6.69. The summed E-state index contributed by atoms with van der Waals surface area (Å²) in [5, 5.41) is 28.9. The van der Waals surface area contributed by atoms with Crippen LogP contribution in [-0.2, 0) is 18.8 Å². The molecule has 0 radical (unpaired) electrons. The maximum absolute atomic E-state index is 11.8. The van der Waals surface area contributed by atoms with Crippen molar-refractivity contribution in [3.8, 4) is 6.07 Å². The second kappa shape index (κ2) is 7.64. The zero-order valence-electron chi connectivity index (χ0n) is 16.4. The Morgan fingerprint density at radius 3 is 1.96 bits per heavy atom. The van der Waals surface area contributed by atoms with Crippen LogP contribution in [0.4, 0.5) is 0 Å². The molecule has 3 N–H and O–H groups in total. The number of β-amino-alcohol motifs (C(OH)–C–C–N with tert-alkyl or cyclic N) is 1. The molecule has 0 atom stereocenters. The van der Waals surface area contributed by atoms with Gasteiger partial charge >= 0.3 is 11.9 Å². The molecule has 2 fully saturated rings. The van der Waals surface area contributed by atoms with E-state index >= 15 is 0 Å². The van der Waals surface area contributed by atoms with Gasteiger partial charge in [-0.05, 0) is 40.4 Å². The number of carbonyl (C=O) groups is 2. The predicted molar refractivity (Wildman–Crippen MR) is 96.8 cm³/mol. The number of carboxylic acid groups (broad SMARTS) is 1. The maximum atomic E-state index is 11.8. The van der Waals surface area contributed by atoms with Gasteiger partial charge in [-0.2, -0.15) is 5.26 Å². The summed E-state index contributed by atoms with van der Waals surface area (Å²) in [7, 11) is -1.77. The molecule has 1 heterocycles. The Morgan fingerprint density at radius 2 is 1.73 bits per heavy atom. The van der Waals surface area contributed by atoms with Crippen LogP contribution in [0, 0.1) is 17.2 Å². The molecule has 26 heavy (non-hydrogen) atoms. The fourth-order valence-electron chi connectivity index (χ4n) is 2.58. The monoisotopic (exact) mass is 386 g/mol. The Hall–Kier alpha value is -1.47. The van der Waals surface area contributed by atoms with Crippen molar-refractivity contribution in [3.63, 3.8) is 0 Å². The fraction of sp³-hybridized carbons (Fsp3) is 0.824. The molecule has 2 aliphatic rings. The number of ether oxygens (including phenoxy) is 1. The van der Waals surface area contributed by atoms with Gasteiger partial charge in [-0.3, -0.25) is 4.79 Å². The largest absolute Gasteiger partial charge is 0.479 e. The number of carbonyl (C=O) groups excluding carboxylic acids is 1. The number of nitrogens with zero attached hydrogens (tertiary/aromatic N) is 1. The van der Waals surface area contributed by atoms with E-state index in [9.17, 15) is 14.9 Å². The van der Waals surface area contributed by atoms with E-state index in [4.69, 9.17) is 19.4 Å². The summed E-state index contributed by atoms with van der Waals surface area (Å²) in [5.74, 6) is -1.55. The summed E-state index contributed by atoms with van der Waals surface area (Å²) in [4.78, 5) is 21.8. The van der Waals surface area contributed by atoms with E-state index < -0.39 is 31.1 Å². The van der Waals surface area contributed by atoms with Crippen molar-refractivity contribution in [2.24, 2.45) is 5.92 Å². The van der Waals surface area contributed by atoms with Gasteiger partial charge in [0.2, 0.25) is 0 Å². The molecule has 0 aromatic heterocycles. The minimum Gasteiger partial charge on any atom is -0.479 e. The van der Waals surface area contributed by atoms with Crippen molar-refractivity contribution in [2.45, 2.75) is 70.1 Å². The van der Waals surface area contributed by atoms with Gasteiger partial charge in [-0.25, -0.2) is 4.79 Å². The molecule has 2 rings (SSSR count). The molecule has 0 unspecified atom stereocenters. The number of rotatable bonds is 4. The average molecular weight is 387 g/mol. The lowest BCUT2D eigenvalue weighted by Gasteiger charge is -2.44. The van der Waals surface area contributed by atoms with Gasteiger partial charge in [0.25, 0.3) is 0 Å². The molecular formula is C17H30N2O6Si. The van der Waals surface area contributed by atoms with Crippen LogP contribution in [0.2, 0.25) is 19.6 Å². The molecule has 1 saturated carbocycles. The van der Waals surface area contributed by atoms with Gasteiger partial charge < -0.3 is 24.7 Å². The molecule has 0 amide bonds. The van der Waals surface area contributed by atoms with Gasteiger partial charge in [-0.1, -0.05) is 0 Å². The number of nitriles is 1. The lowest BCUT2D eigenvalue weighted by Crippen LogP contribution is -2.64. The van der Waals surface area contributed by atoms with Crippen molar-refractivity contribution in [3.05, 3.63) is 0 Å². The molecule has 1 aliphatic carbocycles. The summed E-state index contributed by atoms with van der Waals surface area (Å²) in [6.07, 6.45) is 0.922. The van der Waals surface area contributed by atoms with Crippen molar-refractivity contribution < 1.29 is 29.0 Å². The van der Waals surface area contributed by atoms with Gasteiger partial charge in [0.15, 0.2) is 13.9 Å².